The zero-order chi connectivity index (χ0) is 21.3. The van der Waals surface area contributed by atoms with E-state index in [4.69, 9.17) is 9.47 Å². The number of Topliss-reactive ketones (excluding diaryl/α,β-unsaturated/α-hetero) is 1. The minimum Gasteiger partial charge on any atom is -0.496 e. The minimum absolute atomic E-state index is 0.0501. The SMILES string of the molecule is CCS(=O)(=O)c1ccc2c(c1)N(Cc1cc(C(C)=O)ccc1OC)C(=O)C(C)O2. The van der Waals surface area contributed by atoms with Gasteiger partial charge >= 0.3 is 0 Å². The van der Waals surface area contributed by atoms with Crippen molar-refractivity contribution in [3.8, 4) is 11.5 Å². The number of rotatable bonds is 6. The first-order valence-electron chi connectivity index (χ1n) is 9.20. The second-order valence-corrected chi connectivity index (χ2v) is 9.08. The number of ether oxygens (including phenoxy) is 2. The van der Waals surface area contributed by atoms with Gasteiger partial charge in [-0.2, -0.15) is 0 Å². The fraction of sp³-hybridized carbons (Fsp3) is 0.333. The van der Waals surface area contributed by atoms with E-state index < -0.39 is 15.9 Å². The van der Waals surface area contributed by atoms with E-state index >= 15 is 0 Å². The average molecular weight is 417 g/mol. The predicted molar refractivity (Wildman–Crippen MR) is 108 cm³/mol. The Labute approximate surface area is 170 Å². The van der Waals surface area contributed by atoms with E-state index in [1.54, 1.807) is 38.1 Å². The van der Waals surface area contributed by atoms with Gasteiger partial charge in [0.2, 0.25) is 0 Å². The first kappa shape index (κ1) is 20.9. The Balaban J connectivity index is 2.11. The van der Waals surface area contributed by atoms with Gasteiger partial charge in [-0.05, 0) is 50.2 Å². The molecule has 2 aromatic carbocycles. The van der Waals surface area contributed by atoms with Gasteiger partial charge in [-0.25, -0.2) is 8.42 Å². The average Bonchev–Trinajstić information content (AvgIpc) is 2.70. The summed E-state index contributed by atoms with van der Waals surface area (Å²) < 4.78 is 35.7. The Morgan fingerprint density at radius 1 is 1.21 bits per heavy atom. The topological polar surface area (TPSA) is 90.0 Å². The summed E-state index contributed by atoms with van der Waals surface area (Å²) >= 11 is 0. The van der Waals surface area contributed by atoms with Crippen molar-refractivity contribution in [1.82, 2.24) is 0 Å². The number of hydrogen-bond donors (Lipinski definition) is 0. The Morgan fingerprint density at radius 2 is 1.93 bits per heavy atom. The molecular weight excluding hydrogens is 394 g/mol. The summed E-state index contributed by atoms with van der Waals surface area (Å²) in [6.07, 6.45) is -0.724. The highest BCUT2D eigenvalue weighted by atomic mass is 32.2. The molecule has 1 heterocycles. The van der Waals surface area contributed by atoms with Crippen molar-refractivity contribution in [1.29, 1.82) is 0 Å². The maximum Gasteiger partial charge on any atom is 0.268 e. The van der Waals surface area contributed by atoms with Crippen molar-refractivity contribution in [2.75, 3.05) is 17.8 Å². The lowest BCUT2D eigenvalue weighted by Crippen LogP contribution is -2.44. The molecule has 1 aliphatic rings. The molecule has 1 amide bonds. The molecule has 0 bridgehead atoms. The molecule has 7 nitrogen and oxygen atoms in total. The summed E-state index contributed by atoms with van der Waals surface area (Å²) in [4.78, 5) is 26.3. The van der Waals surface area contributed by atoms with E-state index in [2.05, 4.69) is 0 Å². The van der Waals surface area contributed by atoms with Crippen LogP contribution < -0.4 is 14.4 Å². The fourth-order valence-corrected chi connectivity index (χ4v) is 4.10. The second kappa shape index (κ2) is 7.87. The number of fused-ring (bicyclic) bond motifs is 1. The molecule has 3 rings (SSSR count). The van der Waals surface area contributed by atoms with Gasteiger partial charge < -0.3 is 14.4 Å². The predicted octanol–water partition coefficient (Wildman–Crippen LogP) is 3.01. The Hall–Kier alpha value is -2.87. The summed E-state index contributed by atoms with van der Waals surface area (Å²) in [6.45, 7) is 4.77. The van der Waals surface area contributed by atoms with Gasteiger partial charge in [0.1, 0.15) is 11.5 Å². The first-order valence-corrected chi connectivity index (χ1v) is 10.9. The number of amides is 1. The van der Waals surface area contributed by atoms with Crippen LogP contribution in [0.15, 0.2) is 41.3 Å². The number of methoxy groups -OCH3 is 1. The van der Waals surface area contributed by atoms with Crippen LogP contribution in [-0.2, 0) is 21.2 Å². The standard InChI is InChI=1S/C21H23NO6S/c1-5-29(25,26)17-7-9-20-18(11-17)22(21(24)14(3)28-20)12-16-10-15(13(2)23)6-8-19(16)27-4/h6-11,14H,5,12H2,1-4H3. The van der Waals surface area contributed by atoms with Crippen molar-refractivity contribution >= 4 is 27.2 Å². The third-order valence-corrected chi connectivity index (χ3v) is 6.63. The number of ketones is 1. The van der Waals surface area contributed by atoms with Crippen LogP contribution >= 0.6 is 0 Å². The molecule has 0 spiro atoms. The first-order chi connectivity index (χ1) is 13.7. The lowest BCUT2D eigenvalue weighted by atomic mass is 10.1. The number of benzene rings is 2. The van der Waals surface area contributed by atoms with Gasteiger partial charge in [0, 0.05) is 11.1 Å². The highest BCUT2D eigenvalue weighted by Gasteiger charge is 2.33. The summed E-state index contributed by atoms with van der Waals surface area (Å²) in [5.74, 6) is 0.492. The van der Waals surface area contributed by atoms with Gasteiger partial charge in [0.15, 0.2) is 21.7 Å². The van der Waals surface area contributed by atoms with Gasteiger partial charge in [-0.3, -0.25) is 9.59 Å². The van der Waals surface area contributed by atoms with Gasteiger partial charge in [-0.15, -0.1) is 0 Å². The number of anilines is 1. The second-order valence-electron chi connectivity index (χ2n) is 6.80. The maximum absolute atomic E-state index is 12.9. The number of sulfone groups is 1. The Morgan fingerprint density at radius 3 is 2.55 bits per heavy atom. The third-order valence-electron chi connectivity index (χ3n) is 4.89. The van der Waals surface area contributed by atoms with Gasteiger partial charge in [-0.1, -0.05) is 6.92 Å². The van der Waals surface area contributed by atoms with Crippen LogP contribution in [0, 0.1) is 0 Å². The molecule has 8 heteroatoms. The van der Waals surface area contributed by atoms with Crippen LogP contribution in [0.2, 0.25) is 0 Å². The van der Waals surface area contributed by atoms with Crippen molar-refractivity contribution < 1.29 is 27.5 Å². The molecule has 29 heavy (non-hydrogen) atoms. The van der Waals surface area contributed by atoms with E-state index in [1.165, 1.54) is 31.1 Å². The molecule has 0 N–H and O–H groups in total. The van der Waals surface area contributed by atoms with E-state index in [0.29, 0.717) is 28.3 Å². The molecule has 0 saturated heterocycles. The third kappa shape index (κ3) is 3.98. The van der Waals surface area contributed by atoms with E-state index in [0.717, 1.165) is 0 Å². The zero-order valence-corrected chi connectivity index (χ0v) is 17.6. The summed E-state index contributed by atoms with van der Waals surface area (Å²) in [5, 5.41) is 0. The molecule has 1 atom stereocenters. The van der Waals surface area contributed by atoms with Crippen LogP contribution in [-0.4, -0.2) is 39.1 Å². The Bertz CT molecular complexity index is 1080. The molecule has 0 fully saturated rings. The van der Waals surface area contributed by atoms with Crippen LogP contribution in [0.25, 0.3) is 0 Å². The van der Waals surface area contributed by atoms with Crippen molar-refractivity contribution in [3.05, 3.63) is 47.5 Å². The molecule has 1 aliphatic heterocycles. The number of hydrogen-bond acceptors (Lipinski definition) is 6. The van der Waals surface area contributed by atoms with E-state index in [-0.39, 0.29) is 28.9 Å². The molecule has 0 saturated carbocycles. The van der Waals surface area contributed by atoms with Crippen LogP contribution in [0.5, 0.6) is 11.5 Å². The van der Waals surface area contributed by atoms with Crippen molar-refractivity contribution in [2.24, 2.45) is 0 Å². The van der Waals surface area contributed by atoms with Gasteiger partial charge in [0.25, 0.3) is 5.91 Å². The molecule has 1 unspecified atom stereocenters. The van der Waals surface area contributed by atoms with Crippen LogP contribution in [0.1, 0.15) is 36.7 Å². The number of nitrogens with zero attached hydrogens (tertiary/aromatic N) is 1. The summed E-state index contributed by atoms with van der Waals surface area (Å²) in [6, 6.07) is 9.53. The summed E-state index contributed by atoms with van der Waals surface area (Å²) in [5.41, 5.74) is 1.51. The molecule has 0 aromatic heterocycles. The normalized spacial score (nSPS) is 16.2. The molecule has 2 aromatic rings. The lowest BCUT2D eigenvalue weighted by Gasteiger charge is -2.33. The largest absolute Gasteiger partial charge is 0.496 e. The van der Waals surface area contributed by atoms with Crippen LogP contribution in [0.4, 0.5) is 5.69 Å². The smallest absolute Gasteiger partial charge is 0.268 e. The van der Waals surface area contributed by atoms with Gasteiger partial charge in [0.05, 0.1) is 30.0 Å². The maximum atomic E-state index is 12.9. The number of carbonyl (C=O) groups excluding carboxylic acids is 2. The minimum atomic E-state index is -3.45. The van der Waals surface area contributed by atoms with E-state index in [9.17, 15) is 18.0 Å². The number of carbonyl (C=O) groups is 2. The quantitative estimate of drug-likeness (QED) is 0.671. The molecular formula is C21H23NO6S. The highest BCUT2D eigenvalue weighted by Crippen LogP contribution is 2.38. The lowest BCUT2D eigenvalue weighted by molar-refractivity contribution is -0.125. The molecule has 154 valence electrons. The molecule has 0 radical (unpaired) electrons. The molecule has 0 aliphatic carbocycles. The Kier molecular flexibility index (Phi) is 5.66. The van der Waals surface area contributed by atoms with Crippen molar-refractivity contribution in [3.63, 3.8) is 0 Å². The van der Waals surface area contributed by atoms with Crippen molar-refractivity contribution in [2.45, 2.75) is 38.3 Å². The fourth-order valence-electron chi connectivity index (χ4n) is 3.20. The highest BCUT2D eigenvalue weighted by molar-refractivity contribution is 7.91. The van der Waals surface area contributed by atoms with Crippen LogP contribution in [0.3, 0.4) is 0 Å². The zero-order valence-electron chi connectivity index (χ0n) is 16.8. The van der Waals surface area contributed by atoms with E-state index in [1.807, 2.05) is 0 Å². The summed E-state index contributed by atoms with van der Waals surface area (Å²) in [7, 11) is -1.94. The monoisotopic (exact) mass is 417 g/mol.